The molecule has 0 spiro atoms. The first kappa shape index (κ1) is 19.7. The van der Waals surface area contributed by atoms with Gasteiger partial charge in [-0.3, -0.25) is 14.6 Å². The molecule has 0 radical (unpaired) electrons. The van der Waals surface area contributed by atoms with E-state index in [9.17, 15) is 4.79 Å². The summed E-state index contributed by atoms with van der Waals surface area (Å²) in [6.07, 6.45) is 2.82. The second-order valence-corrected chi connectivity index (χ2v) is 8.30. The van der Waals surface area contributed by atoms with Crippen molar-refractivity contribution in [3.05, 3.63) is 30.3 Å². The van der Waals surface area contributed by atoms with E-state index in [1.54, 1.807) is 0 Å². The molecule has 3 fully saturated rings. The Kier molecular flexibility index (Phi) is 6.50. The molecule has 2 atom stereocenters. The molecule has 0 bridgehead atoms. The lowest BCUT2D eigenvalue weighted by molar-refractivity contribution is -0.137. The number of benzene rings is 1. The van der Waals surface area contributed by atoms with E-state index in [4.69, 9.17) is 4.74 Å². The Morgan fingerprint density at radius 3 is 2.39 bits per heavy atom. The number of hydrogen-bond donors (Lipinski definition) is 0. The number of ether oxygens (including phenoxy) is 1. The third kappa shape index (κ3) is 4.67. The van der Waals surface area contributed by atoms with Crippen molar-refractivity contribution in [3.8, 4) is 0 Å². The molecule has 4 rings (SSSR count). The first-order valence-corrected chi connectivity index (χ1v) is 10.9. The number of para-hydroxylation sites is 1. The zero-order valence-corrected chi connectivity index (χ0v) is 17.1. The Morgan fingerprint density at radius 2 is 1.75 bits per heavy atom. The summed E-state index contributed by atoms with van der Waals surface area (Å²) in [6, 6.07) is 10.5. The molecule has 6 heteroatoms. The fourth-order valence-electron chi connectivity index (χ4n) is 4.65. The van der Waals surface area contributed by atoms with Gasteiger partial charge in [-0.05, 0) is 31.9 Å². The molecule has 3 saturated heterocycles. The Labute approximate surface area is 169 Å². The van der Waals surface area contributed by atoms with Crippen molar-refractivity contribution < 1.29 is 9.53 Å². The Bertz CT molecular complexity index is 619. The maximum Gasteiger partial charge on any atom is 0.239 e. The van der Waals surface area contributed by atoms with Crippen LogP contribution in [-0.2, 0) is 9.53 Å². The van der Waals surface area contributed by atoms with Crippen molar-refractivity contribution in [1.82, 2.24) is 14.7 Å². The van der Waals surface area contributed by atoms with Gasteiger partial charge in [-0.25, -0.2) is 0 Å². The minimum Gasteiger partial charge on any atom is -0.377 e. The quantitative estimate of drug-likeness (QED) is 0.767. The summed E-state index contributed by atoms with van der Waals surface area (Å²) in [5.74, 6) is 0.292. The zero-order valence-electron chi connectivity index (χ0n) is 17.1. The Morgan fingerprint density at radius 1 is 1.04 bits per heavy atom. The summed E-state index contributed by atoms with van der Waals surface area (Å²) in [5.41, 5.74) is 1.25. The van der Waals surface area contributed by atoms with E-state index in [0.717, 1.165) is 65.5 Å². The van der Waals surface area contributed by atoms with Gasteiger partial charge in [-0.2, -0.15) is 0 Å². The van der Waals surface area contributed by atoms with E-state index in [2.05, 4.69) is 50.8 Å². The van der Waals surface area contributed by atoms with Gasteiger partial charge in [0.25, 0.3) is 0 Å². The molecule has 3 aliphatic heterocycles. The number of rotatable bonds is 5. The van der Waals surface area contributed by atoms with E-state index in [1.807, 2.05) is 6.07 Å². The lowest BCUT2D eigenvalue weighted by atomic mass is 10.1. The van der Waals surface area contributed by atoms with Crippen LogP contribution in [-0.4, -0.2) is 98.3 Å². The average Bonchev–Trinajstić information content (AvgIpc) is 3.27. The number of anilines is 1. The average molecular weight is 387 g/mol. The third-order valence-corrected chi connectivity index (χ3v) is 6.51. The minimum absolute atomic E-state index is 0.0202. The molecule has 1 aromatic rings. The fraction of sp³-hybridized carbons (Fsp3) is 0.682. The SMILES string of the molecule is CC(C(=O)N1CCN(c2ccccc2)CC1)N1CCN(CC2CCCO2)CC1. The number of nitrogens with zero attached hydrogens (tertiary/aromatic N) is 4. The van der Waals surface area contributed by atoms with Crippen LogP contribution in [0.3, 0.4) is 0 Å². The van der Waals surface area contributed by atoms with E-state index >= 15 is 0 Å². The van der Waals surface area contributed by atoms with Crippen LogP contribution in [0.1, 0.15) is 19.8 Å². The summed E-state index contributed by atoms with van der Waals surface area (Å²) >= 11 is 0. The first-order valence-electron chi connectivity index (χ1n) is 10.9. The van der Waals surface area contributed by atoms with Gasteiger partial charge in [-0.15, -0.1) is 0 Å². The fourth-order valence-corrected chi connectivity index (χ4v) is 4.65. The molecule has 1 amide bonds. The smallest absolute Gasteiger partial charge is 0.239 e. The van der Waals surface area contributed by atoms with Crippen LogP contribution in [0, 0.1) is 0 Å². The van der Waals surface area contributed by atoms with Gasteiger partial charge < -0.3 is 14.5 Å². The van der Waals surface area contributed by atoms with Gasteiger partial charge in [0.15, 0.2) is 0 Å². The van der Waals surface area contributed by atoms with Gasteiger partial charge in [-0.1, -0.05) is 18.2 Å². The molecule has 0 N–H and O–H groups in total. The van der Waals surface area contributed by atoms with Crippen LogP contribution in [0.5, 0.6) is 0 Å². The van der Waals surface area contributed by atoms with Crippen molar-refractivity contribution in [1.29, 1.82) is 0 Å². The van der Waals surface area contributed by atoms with Crippen molar-refractivity contribution in [2.45, 2.75) is 31.9 Å². The van der Waals surface area contributed by atoms with E-state index < -0.39 is 0 Å². The molecule has 28 heavy (non-hydrogen) atoms. The summed E-state index contributed by atoms with van der Waals surface area (Å²) < 4.78 is 5.77. The van der Waals surface area contributed by atoms with Crippen LogP contribution >= 0.6 is 0 Å². The normalized spacial score (nSPS) is 25.8. The summed E-state index contributed by atoms with van der Waals surface area (Å²) in [5, 5.41) is 0. The Hall–Kier alpha value is -1.63. The number of piperazine rings is 2. The van der Waals surface area contributed by atoms with E-state index in [1.165, 1.54) is 18.5 Å². The monoisotopic (exact) mass is 386 g/mol. The van der Waals surface area contributed by atoms with Crippen molar-refractivity contribution in [2.75, 3.05) is 70.4 Å². The molecule has 0 aliphatic carbocycles. The van der Waals surface area contributed by atoms with Gasteiger partial charge in [0, 0.05) is 71.2 Å². The highest BCUT2D eigenvalue weighted by atomic mass is 16.5. The molecule has 3 aliphatic rings. The number of carbonyl (C=O) groups is 1. The molecule has 2 unspecified atom stereocenters. The lowest BCUT2D eigenvalue weighted by Gasteiger charge is -2.41. The number of carbonyl (C=O) groups excluding carboxylic acids is 1. The van der Waals surface area contributed by atoms with Crippen LogP contribution in [0.15, 0.2) is 30.3 Å². The molecule has 154 valence electrons. The summed E-state index contributed by atoms with van der Waals surface area (Å²) in [6.45, 7) is 11.6. The van der Waals surface area contributed by atoms with Gasteiger partial charge in [0.2, 0.25) is 5.91 Å². The third-order valence-electron chi connectivity index (χ3n) is 6.51. The first-order chi connectivity index (χ1) is 13.7. The van der Waals surface area contributed by atoms with Crippen LogP contribution < -0.4 is 4.90 Å². The second kappa shape index (κ2) is 9.25. The minimum atomic E-state index is -0.0202. The number of hydrogen-bond acceptors (Lipinski definition) is 5. The number of amides is 1. The van der Waals surface area contributed by atoms with Crippen LogP contribution in [0.2, 0.25) is 0 Å². The molecule has 0 aromatic heterocycles. The molecule has 0 saturated carbocycles. The zero-order chi connectivity index (χ0) is 19.3. The van der Waals surface area contributed by atoms with Gasteiger partial charge >= 0.3 is 0 Å². The summed E-state index contributed by atoms with van der Waals surface area (Å²) in [7, 11) is 0. The van der Waals surface area contributed by atoms with Crippen molar-refractivity contribution in [3.63, 3.8) is 0 Å². The molecule has 3 heterocycles. The highest BCUT2D eigenvalue weighted by molar-refractivity contribution is 5.81. The standard InChI is InChI=1S/C22H34N4O2/c1-19(24-11-9-23(10-12-24)18-21-8-5-17-28-21)22(27)26-15-13-25(14-16-26)20-6-3-2-4-7-20/h2-4,6-7,19,21H,5,8-18H2,1H3. The van der Waals surface area contributed by atoms with Crippen molar-refractivity contribution >= 4 is 11.6 Å². The maximum absolute atomic E-state index is 13.0. The van der Waals surface area contributed by atoms with Crippen molar-refractivity contribution in [2.24, 2.45) is 0 Å². The highest BCUT2D eigenvalue weighted by Crippen LogP contribution is 2.18. The van der Waals surface area contributed by atoms with Gasteiger partial charge in [0.05, 0.1) is 12.1 Å². The Balaban J connectivity index is 1.22. The molecule has 1 aromatic carbocycles. The molecular weight excluding hydrogens is 352 g/mol. The van der Waals surface area contributed by atoms with E-state index in [0.29, 0.717) is 12.0 Å². The van der Waals surface area contributed by atoms with E-state index in [-0.39, 0.29) is 6.04 Å². The predicted molar refractivity (Wildman–Crippen MR) is 112 cm³/mol. The maximum atomic E-state index is 13.0. The topological polar surface area (TPSA) is 39.3 Å². The van der Waals surface area contributed by atoms with Crippen LogP contribution in [0.25, 0.3) is 0 Å². The second-order valence-electron chi connectivity index (χ2n) is 8.30. The lowest BCUT2D eigenvalue weighted by Crippen LogP contribution is -2.57. The summed E-state index contributed by atoms with van der Waals surface area (Å²) in [4.78, 5) is 22.3. The predicted octanol–water partition coefficient (Wildman–Crippen LogP) is 1.52. The van der Waals surface area contributed by atoms with Gasteiger partial charge in [0.1, 0.15) is 0 Å². The largest absolute Gasteiger partial charge is 0.377 e. The van der Waals surface area contributed by atoms with Crippen LogP contribution in [0.4, 0.5) is 5.69 Å². The molecule has 6 nitrogen and oxygen atoms in total. The molecular formula is C22H34N4O2. The highest BCUT2D eigenvalue weighted by Gasteiger charge is 2.31.